The van der Waals surface area contributed by atoms with Crippen molar-refractivity contribution in [2.24, 2.45) is 0 Å². The van der Waals surface area contributed by atoms with Gasteiger partial charge in [-0.3, -0.25) is 0 Å². The second-order valence-electron chi connectivity index (χ2n) is 3.27. The summed E-state index contributed by atoms with van der Waals surface area (Å²) in [7, 11) is 1.55. The number of nitrogens with one attached hydrogen (secondary N) is 1. The molecule has 0 aliphatic carbocycles. The summed E-state index contributed by atoms with van der Waals surface area (Å²) in [5.74, 6) is 0.154. The van der Waals surface area contributed by atoms with Crippen LogP contribution in [-0.2, 0) is 9.53 Å². The molecule has 0 radical (unpaired) electrons. The van der Waals surface area contributed by atoms with E-state index in [1.807, 2.05) is 6.07 Å². The highest BCUT2D eigenvalue weighted by atomic mass is 16.5. The summed E-state index contributed by atoms with van der Waals surface area (Å²) in [5, 5.41) is 3.02. The van der Waals surface area contributed by atoms with Crippen molar-refractivity contribution in [1.29, 1.82) is 0 Å². The van der Waals surface area contributed by atoms with Crippen LogP contribution in [0.5, 0.6) is 5.88 Å². The van der Waals surface area contributed by atoms with E-state index in [2.05, 4.69) is 16.9 Å². The highest BCUT2D eigenvalue weighted by Gasteiger charge is 2.07. The van der Waals surface area contributed by atoms with Crippen molar-refractivity contribution in [1.82, 2.24) is 4.98 Å². The van der Waals surface area contributed by atoms with E-state index in [1.54, 1.807) is 26.3 Å². The quantitative estimate of drug-likeness (QED) is 0.600. The van der Waals surface area contributed by atoms with Crippen molar-refractivity contribution >= 4 is 11.7 Å². The van der Waals surface area contributed by atoms with Crippen molar-refractivity contribution in [2.75, 3.05) is 25.6 Å². The molecule has 1 heterocycles. The summed E-state index contributed by atoms with van der Waals surface area (Å²) in [6.07, 6.45) is 1.62. The Balaban J connectivity index is 2.44. The first-order chi connectivity index (χ1) is 8.17. The predicted octanol–water partition coefficient (Wildman–Crippen LogP) is 1.62. The molecule has 0 spiro atoms. The molecule has 0 fully saturated rings. The predicted molar refractivity (Wildman–Crippen MR) is 65.1 cm³/mol. The van der Waals surface area contributed by atoms with Gasteiger partial charge in [0.25, 0.3) is 0 Å². The van der Waals surface area contributed by atoms with Crippen molar-refractivity contribution in [3.8, 4) is 5.88 Å². The standard InChI is InChI=1S/C12H16N2O3/c1-4-17-12(15)9(2)7-13-10-5-6-11(16-3)14-8-10/h5-6,8,13H,2,4,7H2,1,3H3. The Morgan fingerprint density at radius 3 is 2.82 bits per heavy atom. The van der Waals surface area contributed by atoms with Gasteiger partial charge < -0.3 is 14.8 Å². The lowest BCUT2D eigenvalue weighted by molar-refractivity contribution is -0.138. The molecular weight excluding hydrogens is 220 g/mol. The Hall–Kier alpha value is -2.04. The molecule has 0 aliphatic rings. The average Bonchev–Trinajstić information content (AvgIpc) is 2.36. The minimum atomic E-state index is -0.388. The smallest absolute Gasteiger partial charge is 0.335 e. The average molecular weight is 236 g/mol. The number of aromatic nitrogens is 1. The maximum atomic E-state index is 11.3. The monoisotopic (exact) mass is 236 g/mol. The summed E-state index contributed by atoms with van der Waals surface area (Å²) in [5.41, 5.74) is 1.17. The second kappa shape index (κ2) is 6.52. The van der Waals surface area contributed by atoms with Crippen LogP contribution >= 0.6 is 0 Å². The Morgan fingerprint density at radius 1 is 1.53 bits per heavy atom. The molecule has 0 bridgehead atoms. The van der Waals surface area contributed by atoms with Gasteiger partial charge in [0.1, 0.15) is 0 Å². The van der Waals surface area contributed by atoms with E-state index in [9.17, 15) is 4.79 Å². The number of carbonyl (C=O) groups excluding carboxylic acids is 1. The molecule has 1 aromatic heterocycles. The molecule has 5 nitrogen and oxygen atoms in total. The van der Waals surface area contributed by atoms with Crippen molar-refractivity contribution in [3.63, 3.8) is 0 Å². The third-order valence-corrected chi connectivity index (χ3v) is 2.02. The minimum absolute atomic E-state index is 0.326. The van der Waals surface area contributed by atoms with Gasteiger partial charge in [0.05, 0.1) is 25.6 Å². The molecule has 0 atom stereocenters. The van der Waals surface area contributed by atoms with Gasteiger partial charge in [0.15, 0.2) is 0 Å². The fourth-order valence-corrected chi connectivity index (χ4v) is 1.12. The van der Waals surface area contributed by atoms with Crippen LogP contribution in [0.2, 0.25) is 0 Å². The molecule has 1 aromatic rings. The van der Waals surface area contributed by atoms with E-state index in [4.69, 9.17) is 9.47 Å². The van der Waals surface area contributed by atoms with Crippen LogP contribution < -0.4 is 10.1 Å². The first kappa shape index (κ1) is 13.0. The van der Waals surface area contributed by atoms with Crippen LogP contribution in [0, 0.1) is 0 Å². The Labute approximate surface area is 100 Å². The van der Waals surface area contributed by atoms with E-state index in [1.165, 1.54) is 0 Å². The third-order valence-electron chi connectivity index (χ3n) is 2.02. The molecule has 5 heteroatoms. The normalized spacial score (nSPS) is 9.53. The van der Waals surface area contributed by atoms with E-state index >= 15 is 0 Å². The first-order valence-electron chi connectivity index (χ1n) is 5.26. The van der Waals surface area contributed by atoms with Crippen LogP contribution in [0.3, 0.4) is 0 Å². The van der Waals surface area contributed by atoms with Gasteiger partial charge in [-0.2, -0.15) is 0 Å². The zero-order chi connectivity index (χ0) is 12.7. The van der Waals surface area contributed by atoms with E-state index in [0.29, 0.717) is 24.6 Å². The van der Waals surface area contributed by atoms with Crippen LogP contribution in [-0.4, -0.2) is 31.2 Å². The fraction of sp³-hybridized carbons (Fsp3) is 0.333. The lowest BCUT2D eigenvalue weighted by Gasteiger charge is -2.08. The van der Waals surface area contributed by atoms with Crippen LogP contribution in [0.4, 0.5) is 5.69 Å². The molecule has 0 aromatic carbocycles. The molecule has 0 saturated carbocycles. The lowest BCUT2D eigenvalue weighted by Crippen LogP contribution is -2.14. The third kappa shape index (κ3) is 4.14. The maximum absolute atomic E-state index is 11.3. The molecular formula is C12H16N2O3. The fourth-order valence-electron chi connectivity index (χ4n) is 1.12. The van der Waals surface area contributed by atoms with E-state index in [0.717, 1.165) is 5.69 Å². The van der Waals surface area contributed by atoms with Crippen molar-refractivity contribution in [2.45, 2.75) is 6.92 Å². The highest BCUT2D eigenvalue weighted by Crippen LogP contribution is 2.11. The molecule has 1 rings (SSSR count). The molecule has 0 aliphatic heterocycles. The maximum Gasteiger partial charge on any atom is 0.335 e. The van der Waals surface area contributed by atoms with Gasteiger partial charge in [0.2, 0.25) is 5.88 Å². The zero-order valence-corrected chi connectivity index (χ0v) is 10.0. The van der Waals surface area contributed by atoms with Crippen LogP contribution in [0.15, 0.2) is 30.5 Å². The lowest BCUT2D eigenvalue weighted by atomic mass is 10.3. The van der Waals surface area contributed by atoms with Crippen molar-refractivity contribution in [3.05, 3.63) is 30.5 Å². The molecule has 17 heavy (non-hydrogen) atoms. The zero-order valence-electron chi connectivity index (χ0n) is 10.0. The Kier molecular flexibility index (Phi) is 5.00. The number of ether oxygens (including phenoxy) is 2. The number of methoxy groups -OCH3 is 1. The first-order valence-corrected chi connectivity index (χ1v) is 5.26. The number of rotatable bonds is 6. The number of esters is 1. The van der Waals surface area contributed by atoms with Gasteiger partial charge in [-0.05, 0) is 13.0 Å². The number of hydrogen-bond acceptors (Lipinski definition) is 5. The van der Waals surface area contributed by atoms with E-state index in [-0.39, 0.29) is 5.97 Å². The van der Waals surface area contributed by atoms with E-state index < -0.39 is 0 Å². The topological polar surface area (TPSA) is 60.5 Å². The Bertz CT molecular complexity index is 387. The molecule has 0 amide bonds. The minimum Gasteiger partial charge on any atom is -0.481 e. The number of hydrogen-bond donors (Lipinski definition) is 1. The second-order valence-corrected chi connectivity index (χ2v) is 3.27. The van der Waals surface area contributed by atoms with Crippen LogP contribution in [0.25, 0.3) is 0 Å². The summed E-state index contributed by atoms with van der Waals surface area (Å²) < 4.78 is 9.75. The van der Waals surface area contributed by atoms with Crippen molar-refractivity contribution < 1.29 is 14.3 Å². The van der Waals surface area contributed by atoms with Gasteiger partial charge in [-0.25, -0.2) is 9.78 Å². The summed E-state index contributed by atoms with van der Waals surface area (Å²) >= 11 is 0. The molecule has 0 unspecified atom stereocenters. The number of pyridine rings is 1. The number of anilines is 1. The molecule has 1 N–H and O–H groups in total. The van der Waals surface area contributed by atoms with Gasteiger partial charge >= 0.3 is 5.97 Å². The summed E-state index contributed by atoms with van der Waals surface area (Å²) in [6.45, 7) is 6.07. The summed E-state index contributed by atoms with van der Waals surface area (Å²) in [6, 6.07) is 3.54. The SMILES string of the molecule is C=C(CNc1ccc(OC)nc1)C(=O)OCC. The van der Waals surface area contributed by atoms with Crippen LogP contribution in [0.1, 0.15) is 6.92 Å². The summed E-state index contributed by atoms with van der Waals surface area (Å²) in [4.78, 5) is 15.3. The molecule has 0 saturated heterocycles. The number of nitrogens with zero attached hydrogens (tertiary/aromatic N) is 1. The number of carbonyl (C=O) groups is 1. The molecule has 92 valence electrons. The van der Waals surface area contributed by atoms with Gasteiger partial charge in [-0.15, -0.1) is 0 Å². The largest absolute Gasteiger partial charge is 0.481 e. The van der Waals surface area contributed by atoms with Gasteiger partial charge in [-0.1, -0.05) is 6.58 Å². The highest BCUT2D eigenvalue weighted by molar-refractivity contribution is 5.88. The Morgan fingerprint density at radius 2 is 2.29 bits per heavy atom. The van der Waals surface area contributed by atoms with Gasteiger partial charge in [0, 0.05) is 18.2 Å².